The third-order valence-electron chi connectivity index (χ3n) is 2.67. The third-order valence-corrected chi connectivity index (χ3v) is 2.67. The van der Waals surface area contributed by atoms with Crippen LogP contribution in [0, 0.1) is 0 Å². The predicted octanol–water partition coefficient (Wildman–Crippen LogP) is 3.09. The van der Waals surface area contributed by atoms with Crippen molar-refractivity contribution in [1.29, 1.82) is 0 Å². The third kappa shape index (κ3) is 3.10. The molecule has 0 heterocycles. The minimum absolute atomic E-state index is 0.754. The highest BCUT2D eigenvalue weighted by molar-refractivity contribution is 5.82. The van der Waals surface area contributed by atoms with E-state index in [1.807, 2.05) is 44.6 Å². The Hall–Kier alpha value is -2.29. The Balaban J connectivity index is 2.11. The van der Waals surface area contributed by atoms with E-state index in [-0.39, 0.29) is 0 Å². The summed E-state index contributed by atoms with van der Waals surface area (Å²) in [6, 6.07) is 15.8. The number of nitrogens with two attached hydrogens (primary N) is 1. The molecule has 0 bridgehead atoms. The Bertz CT molecular complexity index is 525. The van der Waals surface area contributed by atoms with E-state index >= 15 is 0 Å². The zero-order valence-electron chi connectivity index (χ0n) is 10.7. The van der Waals surface area contributed by atoms with E-state index in [2.05, 4.69) is 34.2 Å². The van der Waals surface area contributed by atoms with E-state index in [1.165, 1.54) is 5.69 Å². The lowest BCUT2D eigenvalue weighted by Gasteiger charge is -2.11. The van der Waals surface area contributed by atoms with Gasteiger partial charge in [-0.15, -0.1) is 0 Å². The van der Waals surface area contributed by atoms with Crippen LogP contribution < -0.4 is 10.6 Å². The summed E-state index contributed by atoms with van der Waals surface area (Å²) in [5, 5.41) is 0. The highest BCUT2D eigenvalue weighted by Crippen LogP contribution is 2.15. The van der Waals surface area contributed by atoms with Crippen molar-refractivity contribution in [2.24, 2.45) is 4.99 Å². The Kier molecular flexibility index (Phi) is 3.63. The number of rotatable bonds is 3. The highest BCUT2D eigenvalue weighted by atomic mass is 15.1. The molecule has 0 spiro atoms. The molecule has 0 saturated heterocycles. The average Bonchev–Trinajstić information content (AvgIpc) is 2.38. The number of anilines is 2. The minimum atomic E-state index is 0.754. The number of nitrogen functional groups attached to an aromatic ring is 1. The van der Waals surface area contributed by atoms with Crippen LogP contribution >= 0.6 is 0 Å². The fourth-order valence-electron chi connectivity index (χ4n) is 1.57. The van der Waals surface area contributed by atoms with Gasteiger partial charge in [0.05, 0.1) is 5.69 Å². The van der Waals surface area contributed by atoms with Crippen LogP contribution in [-0.4, -0.2) is 20.3 Å². The Labute approximate surface area is 108 Å². The van der Waals surface area contributed by atoms with Gasteiger partial charge in [0.1, 0.15) is 0 Å². The molecule has 0 aliphatic rings. The molecular weight excluding hydrogens is 222 g/mol. The van der Waals surface area contributed by atoms with Crippen molar-refractivity contribution in [3.05, 3.63) is 54.1 Å². The second-order valence-electron chi connectivity index (χ2n) is 4.34. The van der Waals surface area contributed by atoms with Crippen molar-refractivity contribution in [3.63, 3.8) is 0 Å². The molecule has 0 saturated carbocycles. The van der Waals surface area contributed by atoms with E-state index in [4.69, 9.17) is 5.73 Å². The van der Waals surface area contributed by atoms with Crippen molar-refractivity contribution in [3.8, 4) is 0 Å². The van der Waals surface area contributed by atoms with E-state index in [1.54, 1.807) is 0 Å². The van der Waals surface area contributed by atoms with Crippen LogP contribution in [0.15, 0.2) is 53.5 Å². The van der Waals surface area contributed by atoms with Crippen LogP contribution in [0.4, 0.5) is 17.1 Å². The van der Waals surface area contributed by atoms with Gasteiger partial charge in [0, 0.05) is 31.7 Å². The summed E-state index contributed by atoms with van der Waals surface area (Å²) in [5.74, 6) is 0. The Morgan fingerprint density at radius 3 is 2.11 bits per heavy atom. The molecule has 0 aliphatic carbocycles. The topological polar surface area (TPSA) is 41.6 Å². The first-order valence-corrected chi connectivity index (χ1v) is 5.82. The van der Waals surface area contributed by atoms with Gasteiger partial charge in [-0.05, 0) is 42.0 Å². The van der Waals surface area contributed by atoms with Gasteiger partial charge in [-0.25, -0.2) is 0 Å². The van der Waals surface area contributed by atoms with E-state index in [0.29, 0.717) is 0 Å². The van der Waals surface area contributed by atoms with Crippen molar-refractivity contribution in [2.45, 2.75) is 0 Å². The van der Waals surface area contributed by atoms with Crippen molar-refractivity contribution in [1.82, 2.24) is 0 Å². The Morgan fingerprint density at radius 2 is 1.56 bits per heavy atom. The highest BCUT2D eigenvalue weighted by Gasteiger charge is 1.94. The van der Waals surface area contributed by atoms with Crippen molar-refractivity contribution in [2.75, 3.05) is 24.7 Å². The number of nitrogens with zero attached hydrogens (tertiary/aromatic N) is 2. The zero-order chi connectivity index (χ0) is 13.0. The predicted molar refractivity (Wildman–Crippen MR) is 78.9 cm³/mol. The van der Waals surface area contributed by atoms with Gasteiger partial charge < -0.3 is 10.6 Å². The summed E-state index contributed by atoms with van der Waals surface area (Å²) in [6.45, 7) is 0. The quantitative estimate of drug-likeness (QED) is 0.660. The molecule has 2 aromatic carbocycles. The first-order valence-electron chi connectivity index (χ1n) is 5.82. The lowest BCUT2D eigenvalue weighted by atomic mass is 10.2. The summed E-state index contributed by atoms with van der Waals surface area (Å²) in [6.07, 6.45) is 1.85. The first kappa shape index (κ1) is 12.2. The molecule has 2 N–H and O–H groups in total. The maximum absolute atomic E-state index is 5.62. The van der Waals surface area contributed by atoms with Crippen LogP contribution in [0.3, 0.4) is 0 Å². The van der Waals surface area contributed by atoms with Gasteiger partial charge in [0.25, 0.3) is 0 Å². The maximum atomic E-state index is 5.62. The van der Waals surface area contributed by atoms with E-state index in [0.717, 1.165) is 16.9 Å². The van der Waals surface area contributed by atoms with Gasteiger partial charge in [-0.3, -0.25) is 4.99 Å². The first-order chi connectivity index (χ1) is 8.65. The van der Waals surface area contributed by atoms with Crippen LogP contribution in [-0.2, 0) is 0 Å². The molecule has 18 heavy (non-hydrogen) atoms. The van der Waals surface area contributed by atoms with Gasteiger partial charge in [-0.1, -0.05) is 12.1 Å². The summed E-state index contributed by atoms with van der Waals surface area (Å²) in [4.78, 5) is 6.47. The lowest BCUT2D eigenvalue weighted by molar-refractivity contribution is 1.13. The zero-order valence-corrected chi connectivity index (χ0v) is 10.7. The molecule has 0 amide bonds. The largest absolute Gasteiger partial charge is 0.399 e. The standard InChI is InChI=1S/C15H17N3/c1-18(2)15-9-3-12(4-10-15)11-17-14-7-5-13(16)6-8-14/h3-11H,16H2,1-2H3. The van der Waals surface area contributed by atoms with Gasteiger partial charge in [0.2, 0.25) is 0 Å². The number of benzene rings is 2. The monoisotopic (exact) mass is 239 g/mol. The summed E-state index contributed by atoms with van der Waals surface area (Å²) < 4.78 is 0. The van der Waals surface area contributed by atoms with Crippen LogP contribution in [0.1, 0.15) is 5.56 Å². The molecule has 2 aromatic rings. The average molecular weight is 239 g/mol. The molecule has 0 unspecified atom stereocenters. The smallest absolute Gasteiger partial charge is 0.0631 e. The number of hydrogen-bond acceptors (Lipinski definition) is 3. The lowest BCUT2D eigenvalue weighted by Crippen LogP contribution is -2.08. The van der Waals surface area contributed by atoms with Gasteiger partial charge in [-0.2, -0.15) is 0 Å². The SMILES string of the molecule is CN(C)c1ccc(C=Nc2ccc(N)cc2)cc1. The summed E-state index contributed by atoms with van der Waals surface area (Å²) in [7, 11) is 4.05. The van der Waals surface area contributed by atoms with Crippen molar-refractivity contribution < 1.29 is 0 Å². The van der Waals surface area contributed by atoms with Gasteiger partial charge in [0.15, 0.2) is 0 Å². The molecule has 2 rings (SSSR count). The second-order valence-corrected chi connectivity index (χ2v) is 4.34. The Morgan fingerprint density at radius 1 is 0.944 bits per heavy atom. The molecule has 92 valence electrons. The summed E-state index contributed by atoms with van der Waals surface area (Å²) in [5.41, 5.74) is 9.54. The van der Waals surface area contributed by atoms with Crippen molar-refractivity contribution >= 4 is 23.3 Å². The molecule has 0 atom stereocenters. The molecule has 0 aromatic heterocycles. The molecule has 3 nitrogen and oxygen atoms in total. The molecule has 0 fully saturated rings. The molecule has 0 radical (unpaired) electrons. The normalized spacial score (nSPS) is 10.8. The van der Waals surface area contributed by atoms with Gasteiger partial charge >= 0.3 is 0 Å². The second kappa shape index (κ2) is 5.36. The maximum Gasteiger partial charge on any atom is 0.0631 e. The number of hydrogen-bond donors (Lipinski definition) is 1. The minimum Gasteiger partial charge on any atom is -0.399 e. The molecular formula is C15H17N3. The van der Waals surface area contributed by atoms with E-state index < -0.39 is 0 Å². The number of aliphatic imine (C=N–C) groups is 1. The summed E-state index contributed by atoms with van der Waals surface area (Å²) >= 11 is 0. The van der Waals surface area contributed by atoms with E-state index in [9.17, 15) is 0 Å². The fourth-order valence-corrected chi connectivity index (χ4v) is 1.57. The van der Waals surface area contributed by atoms with Crippen LogP contribution in [0.5, 0.6) is 0 Å². The fraction of sp³-hybridized carbons (Fsp3) is 0.133. The molecule has 3 heteroatoms. The van der Waals surface area contributed by atoms with Crippen LogP contribution in [0.25, 0.3) is 0 Å². The van der Waals surface area contributed by atoms with Crippen LogP contribution in [0.2, 0.25) is 0 Å². The molecule has 0 aliphatic heterocycles.